The molecule has 0 radical (unpaired) electrons. The van der Waals surface area contributed by atoms with Gasteiger partial charge in [-0.3, -0.25) is 4.79 Å². The standard InChI is InChI=1S/C28H43NO11/c1-18(2)12-14-35-23(31)36-15-13-28(29,22(30)34-9)17-19-10-11-20(37-24(32)39-26(3,4)5)21(16-19)38-25(33)40-27(6,7)8/h10-11,16,18H,12-15,17,29H2,1-9H3/t28-/m1/s1. The Bertz CT molecular complexity index is 1020. The highest BCUT2D eigenvalue weighted by molar-refractivity contribution is 5.81. The molecule has 1 rings (SSSR count). The number of rotatable bonds is 11. The third-order valence-electron chi connectivity index (χ3n) is 4.97. The van der Waals surface area contributed by atoms with Crippen molar-refractivity contribution in [1.82, 2.24) is 0 Å². The van der Waals surface area contributed by atoms with Gasteiger partial charge in [0.25, 0.3) is 0 Å². The second-order valence-corrected chi connectivity index (χ2v) is 11.6. The van der Waals surface area contributed by atoms with E-state index in [1.54, 1.807) is 41.5 Å². The molecule has 0 bridgehead atoms. The summed E-state index contributed by atoms with van der Waals surface area (Å²) in [5.41, 5.74) is 3.51. The summed E-state index contributed by atoms with van der Waals surface area (Å²) in [6.45, 7) is 13.9. The largest absolute Gasteiger partial charge is 0.514 e. The summed E-state index contributed by atoms with van der Waals surface area (Å²) in [6.07, 6.45) is -2.46. The molecule has 0 unspecified atom stereocenters. The maximum atomic E-state index is 12.6. The molecule has 1 atom stereocenters. The van der Waals surface area contributed by atoms with Gasteiger partial charge >= 0.3 is 24.4 Å². The topological polar surface area (TPSA) is 159 Å². The molecule has 0 amide bonds. The van der Waals surface area contributed by atoms with Crippen LogP contribution in [-0.4, -0.2) is 61.5 Å². The van der Waals surface area contributed by atoms with Crippen LogP contribution in [0.4, 0.5) is 14.4 Å². The fourth-order valence-electron chi connectivity index (χ4n) is 3.11. The lowest BCUT2D eigenvalue weighted by atomic mass is 9.88. The molecule has 0 saturated heterocycles. The highest BCUT2D eigenvalue weighted by Gasteiger charge is 2.36. The zero-order valence-corrected chi connectivity index (χ0v) is 24.9. The van der Waals surface area contributed by atoms with Gasteiger partial charge in [-0.2, -0.15) is 0 Å². The van der Waals surface area contributed by atoms with Crippen LogP contribution in [0.5, 0.6) is 11.5 Å². The minimum Gasteiger partial charge on any atom is -0.468 e. The van der Waals surface area contributed by atoms with Crippen LogP contribution in [0.3, 0.4) is 0 Å². The molecule has 0 aliphatic rings. The Morgan fingerprint density at radius 2 is 1.32 bits per heavy atom. The Balaban J connectivity index is 3.14. The van der Waals surface area contributed by atoms with E-state index in [2.05, 4.69) is 0 Å². The SMILES string of the molecule is COC(=O)[C@@](N)(CCOC(=O)OCCC(C)C)Cc1ccc(OC(=O)OC(C)(C)C)c(OC(=O)OC(C)(C)C)c1. The van der Waals surface area contributed by atoms with Crippen molar-refractivity contribution in [3.63, 3.8) is 0 Å². The molecule has 0 aromatic heterocycles. The molecule has 0 spiro atoms. The predicted molar refractivity (Wildman–Crippen MR) is 144 cm³/mol. The molecule has 1 aromatic rings. The molecular formula is C28H43NO11. The van der Waals surface area contributed by atoms with E-state index in [9.17, 15) is 19.2 Å². The molecule has 0 fully saturated rings. The molecule has 0 heterocycles. The molecule has 12 nitrogen and oxygen atoms in total. The predicted octanol–water partition coefficient (Wildman–Crippen LogP) is 5.32. The van der Waals surface area contributed by atoms with Gasteiger partial charge in [0.15, 0.2) is 11.5 Å². The number of nitrogens with two attached hydrogens (primary N) is 1. The zero-order valence-electron chi connectivity index (χ0n) is 24.9. The number of carbonyl (C=O) groups excluding carboxylic acids is 4. The van der Waals surface area contributed by atoms with Crippen LogP contribution in [0.25, 0.3) is 0 Å². The van der Waals surface area contributed by atoms with Gasteiger partial charge in [0.05, 0.1) is 20.3 Å². The first-order chi connectivity index (χ1) is 18.3. The van der Waals surface area contributed by atoms with Crippen molar-refractivity contribution in [2.75, 3.05) is 20.3 Å². The molecular weight excluding hydrogens is 526 g/mol. The first kappa shape index (κ1) is 34.5. The lowest BCUT2D eigenvalue weighted by Crippen LogP contribution is -2.51. The lowest BCUT2D eigenvalue weighted by Gasteiger charge is -2.27. The van der Waals surface area contributed by atoms with Gasteiger partial charge in [-0.1, -0.05) is 19.9 Å². The number of ether oxygens (including phenoxy) is 7. The van der Waals surface area contributed by atoms with Crippen LogP contribution in [0.2, 0.25) is 0 Å². The van der Waals surface area contributed by atoms with Gasteiger partial charge < -0.3 is 38.9 Å². The first-order valence-corrected chi connectivity index (χ1v) is 12.9. The monoisotopic (exact) mass is 569 g/mol. The Labute approximate surface area is 235 Å². The van der Waals surface area contributed by atoms with E-state index in [0.29, 0.717) is 17.9 Å². The average molecular weight is 570 g/mol. The fraction of sp³-hybridized carbons (Fsp3) is 0.643. The highest BCUT2D eigenvalue weighted by atomic mass is 16.8. The maximum Gasteiger partial charge on any atom is 0.514 e. The van der Waals surface area contributed by atoms with Gasteiger partial charge in [0, 0.05) is 12.8 Å². The minimum atomic E-state index is -1.62. The van der Waals surface area contributed by atoms with Gasteiger partial charge in [-0.25, -0.2) is 14.4 Å². The minimum absolute atomic E-state index is 0.0998. The number of hydrogen-bond acceptors (Lipinski definition) is 12. The third kappa shape index (κ3) is 13.5. The van der Waals surface area contributed by atoms with Gasteiger partial charge in [-0.05, 0) is 71.6 Å². The van der Waals surface area contributed by atoms with Gasteiger partial charge in [0.1, 0.15) is 16.7 Å². The summed E-state index contributed by atoms with van der Waals surface area (Å²) in [5, 5.41) is 0. The number of hydrogen-bond donors (Lipinski definition) is 1. The van der Waals surface area contributed by atoms with Crippen LogP contribution in [0.15, 0.2) is 18.2 Å². The van der Waals surface area contributed by atoms with E-state index in [-0.39, 0.29) is 37.6 Å². The van der Waals surface area contributed by atoms with E-state index < -0.39 is 41.2 Å². The Hall–Kier alpha value is -3.54. The molecule has 12 heteroatoms. The van der Waals surface area contributed by atoms with E-state index in [1.807, 2.05) is 13.8 Å². The third-order valence-corrected chi connectivity index (χ3v) is 4.97. The van der Waals surface area contributed by atoms with E-state index >= 15 is 0 Å². The Kier molecular flexibility index (Phi) is 12.7. The van der Waals surface area contributed by atoms with Crippen molar-refractivity contribution in [2.24, 2.45) is 11.7 Å². The maximum absolute atomic E-state index is 12.6. The van der Waals surface area contributed by atoms with Crippen LogP contribution in [0.1, 0.15) is 73.8 Å². The zero-order chi connectivity index (χ0) is 30.7. The average Bonchev–Trinajstić information content (AvgIpc) is 2.77. The summed E-state index contributed by atoms with van der Waals surface area (Å²) in [6, 6.07) is 4.25. The van der Waals surface area contributed by atoms with Crippen LogP contribution < -0.4 is 15.2 Å². The summed E-state index contributed by atoms with van der Waals surface area (Å²) < 4.78 is 35.9. The van der Waals surface area contributed by atoms with Crippen molar-refractivity contribution >= 4 is 24.4 Å². The van der Waals surface area contributed by atoms with Crippen molar-refractivity contribution in [2.45, 2.75) is 91.4 Å². The Morgan fingerprint density at radius 3 is 1.82 bits per heavy atom. The highest BCUT2D eigenvalue weighted by Crippen LogP contribution is 2.32. The summed E-state index contributed by atoms with van der Waals surface area (Å²) in [4.78, 5) is 49.1. The molecule has 0 aliphatic carbocycles. The summed E-state index contributed by atoms with van der Waals surface area (Å²) >= 11 is 0. The van der Waals surface area contributed by atoms with Crippen molar-refractivity contribution < 1.29 is 52.3 Å². The lowest BCUT2D eigenvalue weighted by molar-refractivity contribution is -0.147. The van der Waals surface area contributed by atoms with Crippen molar-refractivity contribution in [3.8, 4) is 11.5 Å². The number of carbonyl (C=O) groups is 4. The molecule has 2 N–H and O–H groups in total. The smallest absolute Gasteiger partial charge is 0.468 e. The Morgan fingerprint density at radius 1 is 0.800 bits per heavy atom. The number of methoxy groups -OCH3 is 1. The van der Waals surface area contributed by atoms with Crippen molar-refractivity contribution in [1.29, 1.82) is 0 Å². The van der Waals surface area contributed by atoms with E-state index in [0.717, 1.165) is 0 Å². The second-order valence-electron chi connectivity index (χ2n) is 11.6. The van der Waals surface area contributed by atoms with E-state index in [1.165, 1.54) is 25.3 Å². The number of benzene rings is 1. The normalized spacial score (nSPS) is 13.1. The van der Waals surface area contributed by atoms with Crippen LogP contribution in [-0.2, 0) is 34.9 Å². The van der Waals surface area contributed by atoms with Crippen LogP contribution >= 0.6 is 0 Å². The van der Waals surface area contributed by atoms with Gasteiger partial charge in [-0.15, -0.1) is 0 Å². The van der Waals surface area contributed by atoms with Crippen LogP contribution in [0, 0.1) is 5.92 Å². The van der Waals surface area contributed by atoms with Crippen molar-refractivity contribution in [3.05, 3.63) is 23.8 Å². The molecule has 0 saturated carbocycles. The first-order valence-electron chi connectivity index (χ1n) is 12.9. The quantitative estimate of drug-likeness (QED) is 0.208. The molecule has 40 heavy (non-hydrogen) atoms. The fourth-order valence-corrected chi connectivity index (χ4v) is 3.11. The van der Waals surface area contributed by atoms with Gasteiger partial charge in [0.2, 0.25) is 0 Å². The summed E-state index contributed by atoms with van der Waals surface area (Å²) in [5.74, 6) is -0.700. The molecule has 1 aromatic carbocycles. The second kappa shape index (κ2) is 14.7. The molecule has 0 aliphatic heterocycles. The number of esters is 1. The summed E-state index contributed by atoms with van der Waals surface area (Å²) in [7, 11) is 1.18. The van der Waals surface area contributed by atoms with E-state index in [4.69, 9.17) is 38.9 Å². The molecule has 226 valence electrons.